The number of nitrogens with one attached hydrogen (secondary N) is 1. The van der Waals surface area contributed by atoms with Crippen LogP contribution in [0.25, 0.3) is 0 Å². The molecule has 0 saturated carbocycles. The third kappa shape index (κ3) is 5.43. The SMILES string of the molecule is CC(C)COc1ccc(N2CCN(S(=O)(=O)C3(C(=O)NO)CCOCC3)CC2)cc1Cl.Cl. The summed E-state index contributed by atoms with van der Waals surface area (Å²) in [6.07, 6.45) is 0.0186. The van der Waals surface area contributed by atoms with E-state index < -0.39 is 20.7 Å². The average Bonchev–Trinajstić information content (AvgIpc) is 2.78. The highest BCUT2D eigenvalue weighted by Crippen LogP contribution is 2.35. The molecular formula is C20H31Cl2N3O6S. The highest BCUT2D eigenvalue weighted by atomic mass is 35.5. The van der Waals surface area contributed by atoms with Crippen molar-refractivity contribution >= 4 is 45.6 Å². The zero-order chi connectivity index (χ0) is 22.6. The van der Waals surface area contributed by atoms with Crippen molar-refractivity contribution in [3.05, 3.63) is 23.2 Å². The fourth-order valence-electron chi connectivity index (χ4n) is 3.90. The van der Waals surface area contributed by atoms with Crippen LogP contribution < -0.4 is 15.1 Å². The number of anilines is 1. The van der Waals surface area contributed by atoms with E-state index in [-0.39, 0.29) is 51.6 Å². The monoisotopic (exact) mass is 511 g/mol. The molecule has 0 bridgehead atoms. The van der Waals surface area contributed by atoms with Crippen molar-refractivity contribution in [3.8, 4) is 5.75 Å². The molecule has 0 spiro atoms. The minimum atomic E-state index is -3.99. The van der Waals surface area contributed by atoms with E-state index in [1.165, 1.54) is 4.31 Å². The summed E-state index contributed by atoms with van der Waals surface area (Å²) >= 11 is 6.37. The van der Waals surface area contributed by atoms with E-state index in [4.69, 9.17) is 26.3 Å². The van der Waals surface area contributed by atoms with Crippen LogP contribution in [0.2, 0.25) is 5.02 Å². The van der Waals surface area contributed by atoms with Crippen LogP contribution in [0.15, 0.2) is 18.2 Å². The molecule has 2 heterocycles. The lowest BCUT2D eigenvalue weighted by Gasteiger charge is -2.42. The molecule has 2 saturated heterocycles. The lowest BCUT2D eigenvalue weighted by Crippen LogP contribution is -2.62. The van der Waals surface area contributed by atoms with Crippen LogP contribution >= 0.6 is 24.0 Å². The maximum Gasteiger partial charge on any atom is 0.266 e. The molecule has 0 radical (unpaired) electrons. The zero-order valence-corrected chi connectivity index (χ0v) is 20.6. The molecule has 2 fully saturated rings. The van der Waals surface area contributed by atoms with Crippen molar-refractivity contribution in [2.45, 2.75) is 31.4 Å². The summed E-state index contributed by atoms with van der Waals surface area (Å²) in [6, 6.07) is 5.55. The number of rotatable bonds is 7. The molecule has 182 valence electrons. The second-order valence-corrected chi connectivity index (χ2v) is 10.9. The number of amides is 1. The maximum absolute atomic E-state index is 13.4. The maximum atomic E-state index is 13.4. The van der Waals surface area contributed by atoms with E-state index in [9.17, 15) is 13.2 Å². The molecule has 0 atom stereocenters. The van der Waals surface area contributed by atoms with Crippen molar-refractivity contribution in [1.82, 2.24) is 9.79 Å². The van der Waals surface area contributed by atoms with Gasteiger partial charge in [0, 0.05) is 57.9 Å². The second kappa shape index (κ2) is 11.2. The summed E-state index contributed by atoms with van der Waals surface area (Å²) in [5.41, 5.74) is 2.43. The summed E-state index contributed by atoms with van der Waals surface area (Å²) in [4.78, 5) is 14.4. The van der Waals surface area contributed by atoms with Gasteiger partial charge in [0.05, 0.1) is 11.6 Å². The molecule has 9 nitrogen and oxygen atoms in total. The van der Waals surface area contributed by atoms with Crippen molar-refractivity contribution < 1.29 is 27.9 Å². The highest BCUT2D eigenvalue weighted by Gasteiger charge is 2.54. The first-order chi connectivity index (χ1) is 14.7. The molecule has 12 heteroatoms. The summed E-state index contributed by atoms with van der Waals surface area (Å²) in [6.45, 7) is 6.36. The van der Waals surface area contributed by atoms with Gasteiger partial charge in [-0.25, -0.2) is 13.9 Å². The number of ether oxygens (including phenoxy) is 2. The van der Waals surface area contributed by atoms with E-state index in [0.29, 0.717) is 36.4 Å². The topological polar surface area (TPSA) is 108 Å². The molecule has 32 heavy (non-hydrogen) atoms. The summed E-state index contributed by atoms with van der Waals surface area (Å²) < 4.78 is 37.3. The molecule has 0 unspecified atom stereocenters. The van der Waals surface area contributed by atoms with Gasteiger partial charge in [-0.05, 0) is 24.1 Å². The summed E-state index contributed by atoms with van der Waals surface area (Å²) in [7, 11) is -3.99. The Morgan fingerprint density at radius 3 is 2.41 bits per heavy atom. The Morgan fingerprint density at radius 1 is 1.25 bits per heavy atom. The molecule has 0 aliphatic carbocycles. The van der Waals surface area contributed by atoms with Crippen LogP contribution in [0.5, 0.6) is 5.75 Å². The molecule has 2 aliphatic rings. The Kier molecular flexibility index (Phi) is 9.45. The first-order valence-electron chi connectivity index (χ1n) is 10.4. The van der Waals surface area contributed by atoms with Crippen LogP contribution in [-0.4, -0.2) is 74.6 Å². The minimum Gasteiger partial charge on any atom is -0.492 e. The van der Waals surface area contributed by atoms with Gasteiger partial charge in [-0.15, -0.1) is 12.4 Å². The zero-order valence-electron chi connectivity index (χ0n) is 18.3. The number of carbonyl (C=O) groups excluding carboxylic acids is 1. The number of sulfonamides is 1. The molecule has 3 rings (SSSR count). The first kappa shape index (κ1) is 26.9. The normalized spacial score (nSPS) is 19.3. The molecule has 1 aromatic rings. The molecule has 1 aromatic carbocycles. The lowest BCUT2D eigenvalue weighted by molar-refractivity contribution is -0.134. The lowest BCUT2D eigenvalue weighted by atomic mass is 9.98. The molecule has 2 N–H and O–H groups in total. The van der Waals surface area contributed by atoms with E-state index in [2.05, 4.69) is 13.8 Å². The van der Waals surface area contributed by atoms with Crippen LogP contribution in [0, 0.1) is 5.92 Å². The predicted molar refractivity (Wildman–Crippen MR) is 124 cm³/mol. The Bertz CT molecular complexity index is 885. The van der Waals surface area contributed by atoms with Gasteiger partial charge in [-0.3, -0.25) is 10.0 Å². The summed E-state index contributed by atoms with van der Waals surface area (Å²) in [5.74, 6) is 0.108. The standard InChI is InChI=1S/C20H30ClN3O6S.ClH/c1-15(2)14-30-18-4-3-16(13-17(18)21)23-7-9-24(10-8-23)31(27,28)20(19(25)22-26)5-11-29-12-6-20;/h3-4,13,15,26H,5-12,14H2,1-2H3,(H,22,25);1H. The van der Waals surface area contributed by atoms with E-state index in [0.717, 1.165) is 5.69 Å². The van der Waals surface area contributed by atoms with Crippen LogP contribution in [0.4, 0.5) is 5.69 Å². The Labute approximate surface area is 200 Å². The van der Waals surface area contributed by atoms with Crippen molar-refractivity contribution in [2.75, 3.05) is 50.9 Å². The van der Waals surface area contributed by atoms with Crippen LogP contribution in [0.1, 0.15) is 26.7 Å². The van der Waals surface area contributed by atoms with Gasteiger partial charge in [0.2, 0.25) is 10.0 Å². The van der Waals surface area contributed by atoms with E-state index in [1.807, 2.05) is 23.1 Å². The van der Waals surface area contributed by atoms with Gasteiger partial charge in [0.25, 0.3) is 5.91 Å². The molecular weight excluding hydrogens is 481 g/mol. The van der Waals surface area contributed by atoms with Gasteiger partial charge in [-0.2, -0.15) is 4.31 Å². The van der Waals surface area contributed by atoms with E-state index in [1.54, 1.807) is 5.48 Å². The number of halogens is 2. The van der Waals surface area contributed by atoms with Gasteiger partial charge >= 0.3 is 0 Å². The number of hydroxylamine groups is 1. The fraction of sp³-hybridized carbons (Fsp3) is 0.650. The molecule has 1 amide bonds. The van der Waals surface area contributed by atoms with Crippen molar-refractivity contribution in [1.29, 1.82) is 0 Å². The van der Waals surface area contributed by atoms with Crippen molar-refractivity contribution in [3.63, 3.8) is 0 Å². The average molecular weight is 512 g/mol. The molecule has 2 aliphatic heterocycles. The van der Waals surface area contributed by atoms with E-state index >= 15 is 0 Å². The summed E-state index contributed by atoms with van der Waals surface area (Å²) in [5, 5.41) is 9.68. The van der Waals surface area contributed by atoms with Gasteiger partial charge < -0.3 is 14.4 Å². The van der Waals surface area contributed by atoms with Crippen molar-refractivity contribution in [2.24, 2.45) is 5.92 Å². The van der Waals surface area contributed by atoms with Crippen LogP contribution in [-0.2, 0) is 19.6 Å². The highest BCUT2D eigenvalue weighted by molar-refractivity contribution is 7.91. The number of benzene rings is 1. The van der Waals surface area contributed by atoms with Crippen LogP contribution in [0.3, 0.4) is 0 Å². The number of carbonyl (C=O) groups is 1. The molecule has 0 aromatic heterocycles. The quantitative estimate of drug-likeness (QED) is 0.426. The smallest absolute Gasteiger partial charge is 0.266 e. The number of piperazine rings is 1. The second-order valence-electron chi connectivity index (χ2n) is 8.26. The first-order valence-corrected chi connectivity index (χ1v) is 12.2. The third-order valence-corrected chi connectivity index (χ3v) is 8.66. The van der Waals surface area contributed by atoms with Gasteiger partial charge in [-0.1, -0.05) is 25.4 Å². The Hall–Kier alpha value is -1.30. The van der Waals surface area contributed by atoms with Gasteiger partial charge in [0.1, 0.15) is 5.75 Å². The number of nitrogens with zero attached hydrogens (tertiary/aromatic N) is 2. The predicted octanol–water partition coefficient (Wildman–Crippen LogP) is 2.30. The fourth-order valence-corrected chi connectivity index (χ4v) is 6.23. The number of hydrogen-bond donors (Lipinski definition) is 2. The minimum absolute atomic E-state index is 0. The third-order valence-electron chi connectivity index (χ3n) is 5.74. The van der Waals surface area contributed by atoms with Gasteiger partial charge in [0.15, 0.2) is 4.75 Å². The Balaban J connectivity index is 0.00000363. The largest absolute Gasteiger partial charge is 0.492 e. The number of hydrogen-bond acceptors (Lipinski definition) is 7. The Morgan fingerprint density at radius 2 is 1.88 bits per heavy atom.